The summed E-state index contributed by atoms with van der Waals surface area (Å²) in [6, 6.07) is 15.8. The molecule has 0 saturated carbocycles. The fourth-order valence-electron chi connectivity index (χ4n) is 3.29. The van der Waals surface area contributed by atoms with Crippen LogP contribution in [-0.2, 0) is 0 Å². The Labute approximate surface area is 141 Å². The third-order valence-electron chi connectivity index (χ3n) is 4.24. The molecule has 3 aromatic carbocycles. The summed E-state index contributed by atoms with van der Waals surface area (Å²) < 4.78 is 2.29. The minimum atomic E-state index is -0.315. The highest BCUT2D eigenvalue weighted by Gasteiger charge is 2.14. The first kappa shape index (κ1) is 14.8. The van der Waals surface area contributed by atoms with Crippen LogP contribution in [0.5, 0.6) is 0 Å². The topological polar surface area (TPSA) is 49.9 Å². The van der Waals surface area contributed by atoms with E-state index in [2.05, 4.69) is 17.1 Å². The van der Waals surface area contributed by atoms with Crippen LogP contribution in [0, 0.1) is 0 Å². The molecule has 5 rings (SSSR count). The van der Waals surface area contributed by atoms with Crippen molar-refractivity contribution in [2.45, 2.75) is 13.8 Å². The maximum atomic E-state index is 12.1. The average molecular weight is 333 g/mol. The lowest BCUT2D eigenvalue weighted by molar-refractivity contribution is 1.22. The highest BCUT2D eigenvalue weighted by Crippen LogP contribution is 2.39. The molecule has 2 heterocycles. The van der Waals surface area contributed by atoms with Crippen molar-refractivity contribution in [2.24, 2.45) is 0 Å². The first-order valence-electron chi connectivity index (χ1n) is 7.97. The van der Waals surface area contributed by atoms with Gasteiger partial charge in [0.05, 0.1) is 0 Å². The molecule has 0 aliphatic rings. The van der Waals surface area contributed by atoms with Gasteiger partial charge < -0.3 is 0 Å². The van der Waals surface area contributed by atoms with E-state index in [4.69, 9.17) is 0 Å². The lowest BCUT2D eigenvalue weighted by Gasteiger charge is -2.11. The molecule has 0 fully saturated rings. The molecule has 4 heteroatoms. The monoisotopic (exact) mass is 333 g/mol. The third-order valence-corrected chi connectivity index (χ3v) is 5.37. The third kappa shape index (κ3) is 1.90. The van der Waals surface area contributed by atoms with E-state index in [9.17, 15) is 9.59 Å². The van der Waals surface area contributed by atoms with Crippen molar-refractivity contribution in [3.05, 3.63) is 69.2 Å². The number of hydrogen-bond donors (Lipinski definition) is 1. The molecule has 0 radical (unpaired) electrons. The lowest BCUT2D eigenvalue weighted by Crippen LogP contribution is -2.19. The van der Waals surface area contributed by atoms with Crippen LogP contribution in [0.15, 0.2) is 58.1 Å². The van der Waals surface area contributed by atoms with Crippen LogP contribution in [0.1, 0.15) is 13.8 Å². The van der Waals surface area contributed by atoms with Gasteiger partial charge in [0.1, 0.15) is 0 Å². The van der Waals surface area contributed by atoms with Crippen molar-refractivity contribution in [3.8, 4) is 0 Å². The van der Waals surface area contributed by atoms with E-state index in [-0.39, 0.29) is 11.1 Å². The van der Waals surface area contributed by atoms with Gasteiger partial charge in [-0.25, -0.2) is 0 Å². The minimum Gasteiger partial charge on any atom is -0.288 e. The van der Waals surface area contributed by atoms with Gasteiger partial charge in [0.25, 0.3) is 11.1 Å². The van der Waals surface area contributed by atoms with E-state index in [1.54, 1.807) is 11.3 Å². The van der Waals surface area contributed by atoms with Crippen molar-refractivity contribution in [3.63, 3.8) is 0 Å². The van der Waals surface area contributed by atoms with Gasteiger partial charge in [-0.3, -0.25) is 14.6 Å². The van der Waals surface area contributed by atoms with E-state index >= 15 is 0 Å². The number of aromatic nitrogens is 1. The lowest BCUT2D eigenvalue weighted by atomic mass is 9.98. The number of rotatable bonds is 0. The molecule has 0 aliphatic carbocycles. The van der Waals surface area contributed by atoms with Gasteiger partial charge in [-0.2, -0.15) is 0 Å². The number of pyridine rings is 1. The molecule has 0 aliphatic heterocycles. The Kier molecular flexibility index (Phi) is 3.36. The summed E-state index contributed by atoms with van der Waals surface area (Å²) in [6.45, 7) is 4.00. The smallest absolute Gasteiger partial charge is 0.258 e. The van der Waals surface area contributed by atoms with Crippen LogP contribution in [0.3, 0.4) is 0 Å². The molecule has 0 unspecified atom stereocenters. The molecule has 0 atom stereocenters. The molecule has 2 aromatic heterocycles. The molecular weight excluding hydrogens is 318 g/mol. The number of nitrogens with one attached hydrogen (secondary N) is 1. The van der Waals surface area contributed by atoms with Gasteiger partial charge >= 0.3 is 0 Å². The SMILES string of the molecule is CC.O=c1[nH]c(=O)c2ccc3c4ccccc4sc4ccc1c2c43. The molecule has 118 valence electrons. The molecule has 0 amide bonds. The number of fused-ring (bicyclic) bond motifs is 2. The van der Waals surface area contributed by atoms with Gasteiger partial charge in [-0.15, -0.1) is 11.3 Å². The average Bonchev–Trinajstić information content (AvgIpc) is 2.63. The number of hydrogen-bond acceptors (Lipinski definition) is 3. The van der Waals surface area contributed by atoms with Gasteiger partial charge in [-0.05, 0) is 35.0 Å². The van der Waals surface area contributed by atoms with Gasteiger partial charge in [0.2, 0.25) is 0 Å². The van der Waals surface area contributed by atoms with Gasteiger partial charge in [-0.1, -0.05) is 38.1 Å². The number of H-pyrrole nitrogens is 1. The molecule has 0 spiro atoms. The Bertz CT molecular complexity index is 1280. The van der Waals surface area contributed by atoms with Crippen LogP contribution in [0.4, 0.5) is 0 Å². The largest absolute Gasteiger partial charge is 0.288 e. The van der Waals surface area contributed by atoms with Crippen molar-refractivity contribution < 1.29 is 0 Å². The molecular formula is C20H15NO2S. The fraction of sp³-hybridized carbons (Fsp3) is 0.100. The Hall–Kier alpha value is -2.72. The van der Waals surface area contributed by atoms with E-state index in [1.807, 2.05) is 50.2 Å². The van der Waals surface area contributed by atoms with E-state index in [0.29, 0.717) is 10.8 Å². The summed E-state index contributed by atoms with van der Waals surface area (Å²) in [5, 5.41) is 5.20. The van der Waals surface area contributed by atoms with Crippen LogP contribution >= 0.6 is 11.3 Å². The fourth-order valence-corrected chi connectivity index (χ4v) is 4.41. The zero-order valence-corrected chi connectivity index (χ0v) is 14.2. The zero-order valence-electron chi connectivity index (χ0n) is 13.3. The maximum absolute atomic E-state index is 12.1. The zero-order chi connectivity index (χ0) is 16.8. The second-order valence-electron chi connectivity index (χ2n) is 5.40. The van der Waals surface area contributed by atoms with Crippen LogP contribution < -0.4 is 11.1 Å². The maximum Gasteiger partial charge on any atom is 0.258 e. The molecule has 1 N–H and O–H groups in total. The number of benzene rings is 3. The highest BCUT2D eigenvalue weighted by molar-refractivity contribution is 7.25. The molecule has 24 heavy (non-hydrogen) atoms. The summed E-state index contributed by atoms with van der Waals surface area (Å²) in [4.78, 5) is 26.6. The Morgan fingerprint density at radius 3 is 2.04 bits per heavy atom. The molecule has 0 saturated heterocycles. The van der Waals surface area contributed by atoms with Crippen molar-refractivity contribution >= 4 is 53.1 Å². The second-order valence-corrected chi connectivity index (χ2v) is 6.49. The molecule has 3 nitrogen and oxygen atoms in total. The first-order chi connectivity index (χ1) is 11.7. The van der Waals surface area contributed by atoms with Crippen LogP contribution in [0.2, 0.25) is 0 Å². The van der Waals surface area contributed by atoms with Crippen molar-refractivity contribution in [1.29, 1.82) is 0 Å². The summed E-state index contributed by atoms with van der Waals surface area (Å²) in [5.41, 5.74) is -0.630. The molecule has 0 bridgehead atoms. The minimum absolute atomic E-state index is 0.315. The van der Waals surface area contributed by atoms with Crippen LogP contribution in [0.25, 0.3) is 41.7 Å². The summed E-state index contributed by atoms with van der Waals surface area (Å²) >= 11 is 1.69. The second kappa shape index (κ2) is 5.42. The standard InChI is InChI=1S/C18H9NO2S.C2H6/c20-17-11-6-5-10-9-3-1-2-4-13(9)22-14-8-7-12(18(21)19-17)15(11)16(10)14;1-2/h1-8H,(H,19,20,21);1-2H3. The Morgan fingerprint density at radius 2 is 1.29 bits per heavy atom. The first-order valence-corrected chi connectivity index (χ1v) is 8.78. The predicted molar refractivity (Wildman–Crippen MR) is 104 cm³/mol. The number of aromatic amines is 1. The molecule has 5 aromatic rings. The normalized spacial score (nSPS) is 11.2. The highest BCUT2D eigenvalue weighted by atomic mass is 32.1. The predicted octanol–water partition coefficient (Wildman–Crippen LogP) is 4.87. The van der Waals surface area contributed by atoms with Gasteiger partial charge in [0.15, 0.2) is 0 Å². The summed E-state index contributed by atoms with van der Waals surface area (Å²) in [7, 11) is 0. The van der Waals surface area contributed by atoms with Gasteiger partial charge in [0, 0.05) is 30.9 Å². The van der Waals surface area contributed by atoms with E-state index < -0.39 is 0 Å². The van der Waals surface area contributed by atoms with Crippen molar-refractivity contribution in [1.82, 2.24) is 4.98 Å². The Morgan fingerprint density at radius 1 is 0.667 bits per heavy atom. The van der Waals surface area contributed by atoms with E-state index in [1.165, 1.54) is 4.70 Å². The van der Waals surface area contributed by atoms with Crippen molar-refractivity contribution in [2.75, 3.05) is 0 Å². The van der Waals surface area contributed by atoms with Crippen LogP contribution in [-0.4, -0.2) is 4.98 Å². The summed E-state index contributed by atoms with van der Waals surface area (Å²) in [6.07, 6.45) is 0. The summed E-state index contributed by atoms with van der Waals surface area (Å²) in [5.74, 6) is 0. The van der Waals surface area contributed by atoms with E-state index in [0.717, 1.165) is 26.2 Å². The quantitative estimate of drug-likeness (QED) is 0.324. The Balaban J connectivity index is 0.000000704.